The zero-order valence-corrected chi connectivity index (χ0v) is 16.4. The van der Waals surface area contributed by atoms with Crippen LogP contribution in [0.25, 0.3) is 11.3 Å². The van der Waals surface area contributed by atoms with Crippen LogP contribution in [0.15, 0.2) is 53.7 Å². The molecule has 1 aliphatic heterocycles. The maximum atomic E-state index is 14.3. The van der Waals surface area contributed by atoms with Crippen molar-refractivity contribution in [2.24, 2.45) is 0 Å². The van der Waals surface area contributed by atoms with Crippen LogP contribution >= 0.6 is 0 Å². The first-order chi connectivity index (χ1) is 14.8. The molecule has 1 atom stereocenters. The van der Waals surface area contributed by atoms with Gasteiger partial charge in [-0.3, -0.25) is 4.90 Å². The molecule has 1 aliphatic rings. The molecule has 0 N–H and O–H groups in total. The number of anilines is 1. The van der Waals surface area contributed by atoms with Gasteiger partial charge in [-0.2, -0.15) is 0 Å². The molecule has 0 radical (unpaired) electrons. The van der Waals surface area contributed by atoms with Gasteiger partial charge in [-0.1, -0.05) is 23.9 Å². The van der Waals surface area contributed by atoms with Gasteiger partial charge in [0.05, 0.1) is 23.5 Å². The van der Waals surface area contributed by atoms with Crippen LogP contribution in [0.4, 0.5) is 28.0 Å². The smallest absolute Gasteiger partial charge is 0.329 e. The van der Waals surface area contributed by atoms with Gasteiger partial charge < -0.3 is 9.42 Å². The summed E-state index contributed by atoms with van der Waals surface area (Å²) in [4.78, 5) is 15.6. The minimum absolute atomic E-state index is 0.0268. The molecule has 4 rings (SSSR count). The first-order valence-corrected chi connectivity index (χ1v) is 9.41. The number of aromatic nitrogens is 1. The minimum Gasteiger partial charge on any atom is -0.356 e. The number of hydrogen-bond donors (Lipinski definition) is 0. The Bertz CT molecular complexity index is 1150. The first kappa shape index (κ1) is 20.6. The SMILES string of the molecule is C=CN(C(=O)N1Cc2c(noc2-c2ccccc2F)C[C@@H]1C)c1cc(F)c(F)c(F)c1. The van der Waals surface area contributed by atoms with E-state index in [1.165, 1.54) is 11.0 Å². The Labute approximate surface area is 175 Å². The molecule has 3 aromatic rings. The van der Waals surface area contributed by atoms with Crippen molar-refractivity contribution in [3.63, 3.8) is 0 Å². The standard InChI is InChI=1S/C22H17F4N3O2/c1-3-28(13-9-17(24)20(26)18(25)10-13)22(30)29-11-15-19(8-12(29)2)27-31-21(15)14-6-4-5-7-16(14)23/h3-7,9-10,12H,1,8,11H2,2H3/t12-/m0/s1. The Hall–Kier alpha value is -3.62. The van der Waals surface area contributed by atoms with Gasteiger partial charge in [0.1, 0.15) is 5.82 Å². The van der Waals surface area contributed by atoms with E-state index in [-0.39, 0.29) is 29.6 Å². The van der Waals surface area contributed by atoms with Gasteiger partial charge in [-0.05, 0) is 19.1 Å². The summed E-state index contributed by atoms with van der Waals surface area (Å²) in [5.41, 5.74) is 1.13. The third-order valence-corrected chi connectivity index (χ3v) is 5.22. The Morgan fingerprint density at radius 1 is 1.19 bits per heavy atom. The number of carbonyl (C=O) groups is 1. The number of carbonyl (C=O) groups excluding carboxylic acids is 1. The second-order valence-corrected chi connectivity index (χ2v) is 7.16. The van der Waals surface area contributed by atoms with Crippen LogP contribution < -0.4 is 4.90 Å². The van der Waals surface area contributed by atoms with Gasteiger partial charge >= 0.3 is 6.03 Å². The number of rotatable bonds is 3. The highest BCUT2D eigenvalue weighted by atomic mass is 19.2. The lowest BCUT2D eigenvalue weighted by Gasteiger charge is -2.35. The quantitative estimate of drug-likeness (QED) is 0.411. The van der Waals surface area contributed by atoms with E-state index in [1.807, 2.05) is 0 Å². The zero-order valence-electron chi connectivity index (χ0n) is 16.4. The highest BCUT2D eigenvalue weighted by Crippen LogP contribution is 2.34. The second kappa shape index (κ2) is 7.90. The van der Waals surface area contributed by atoms with Crippen molar-refractivity contribution in [3.05, 3.63) is 83.7 Å². The number of amides is 2. The number of urea groups is 1. The third kappa shape index (κ3) is 3.56. The molecule has 0 saturated carbocycles. The van der Waals surface area contributed by atoms with Gasteiger partial charge in [-0.25, -0.2) is 22.4 Å². The third-order valence-electron chi connectivity index (χ3n) is 5.22. The monoisotopic (exact) mass is 431 g/mol. The van der Waals surface area contributed by atoms with Crippen LogP contribution in [0.1, 0.15) is 18.2 Å². The van der Waals surface area contributed by atoms with Crippen molar-refractivity contribution < 1.29 is 26.9 Å². The van der Waals surface area contributed by atoms with Crippen molar-refractivity contribution in [2.75, 3.05) is 4.90 Å². The predicted octanol–water partition coefficient (Wildman–Crippen LogP) is 5.41. The van der Waals surface area contributed by atoms with Crippen LogP contribution in [-0.4, -0.2) is 22.1 Å². The molecule has 2 amide bonds. The van der Waals surface area contributed by atoms with Crippen molar-refractivity contribution in [3.8, 4) is 11.3 Å². The van der Waals surface area contributed by atoms with Crippen LogP contribution in [0, 0.1) is 23.3 Å². The predicted molar refractivity (Wildman–Crippen MR) is 105 cm³/mol. The maximum absolute atomic E-state index is 14.3. The maximum Gasteiger partial charge on any atom is 0.329 e. The average Bonchev–Trinajstić information content (AvgIpc) is 3.14. The fourth-order valence-electron chi connectivity index (χ4n) is 3.61. The molecule has 1 aromatic heterocycles. The van der Waals surface area contributed by atoms with Gasteiger partial charge in [0.25, 0.3) is 0 Å². The van der Waals surface area contributed by atoms with Crippen molar-refractivity contribution in [1.29, 1.82) is 0 Å². The molecule has 0 fully saturated rings. The molecule has 2 heterocycles. The topological polar surface area (TPSA) is 49.6 Å². The van der Waals surface area contributed by atoms with Crippen LogP contribution in [0.5, 0.6) is 0 Å². The van der Waals surface area contributed by atoms with E-state index in [0.29, 0.717) is 29.8 Å². The summed E-state index contributed by atoms with van der Waals surface area (Å²) in [6.45, 7) is 5.33. The molecular weight excluding hydrogens is 414 g/mol. The normalized spacial score (nSPS) is 15.5. The van der Waals surface area contributed by atoms with Crippen LogP contribution in [-0.2, 0) is 13.0 Å². The number of fused-ring (bicyclic) bond motifs is 1. The van der Waals surface area contributed by atoms with Crippen LogP contribution in [0.2, 0.25) is 0 Å². The molecule has 9 heteroatoms. The minimum atomic E-state index is -1.63. The van der Waals surface area contributed by atoms with Crippen molar-refractivity contribution in [2.45, 2.75) is 25.9 Å². The van der Waals surface area contributed by atoms with E-state index >= 15 is 0 Å². The summed E-state index contributed by atoms with van der Waals surface area (Å²) in [6.07, 6.45) is 1.41. The van der Waals surface area contributed by atoms with E-state index in [1.54, 1.807) is 25.1 Å². The van der Waals surface area contributed by atoms with E-state index in [4.69, 9.17) is 4.52 Å². The highest BCUT2D eigenvalue weighted by molar-refractivity contribution is 5.94. The number of hydrogen-bond acceptors (Lipinski definition) is 3. The van der Waals surface area contributed by atoms with E-state index < -0.39 is 29.3 Å². The Morgan fingerprint density at radius 3 is 2.52 bits per heavy atom. The highest BCUT2D eigenvalue weighted by Gasteiger charge is 2.35. The molecule has 0 unspecified atom stereocenters. The summed E-state index contributed by atoms with van der Waals surface area (Å²) < 4.78 is 60.4. The summed E-state index contributed by atoms with van der Waals surface area (Å²) >= 11 is 0. The largest absolute Gasteiger partial charge is 0.356 e. The van der Waals surface area contributed by atoms with Crippen molar-refractivity contribution >= 4 is 11.7 Å². The number of benzene rings is 2. The van der Waals surface area contributed by atoms with E-state index in [2.05, 4.69) is 11.7 Å². The van der Waals surface area contributed by atoms with Gasteiger partial charge in [-0.15, -0.1) is 0 Å². The summed E-state index contributed by atoms with van der Waals surface area (Å²) in [5, 5.41) is 4.02. The van der Waals surface area contributed by atoms with Crippen LogP contribution in [0.3, 0.4) is 0 Å². The fourth-order valence-corrected chi connectivity index (χ4v) is 3.61. The molecule has 160 valence electrons. The molecule has 0 aliphatic carbocycles. The Balaban J connectivity index is 1.69. The fraction of sp³-hybridized carbons (Fsp3) is 0.182. The average molecular weight is 431 g/mol. The second-order valence-electron chi connectivity index (χ2n) is 7.16. The molecule has 31 heavy (non-hydrogen) atoms. The lowest BCUT2D eigenvalue weighted by Crippen LogP contribution is -2.48. The van der Waals surface area contributed by atoms with E-state index in [0.717, 1.165) is 11.1 Å². The van der Waals surface area contributed by atoms with Gasteiger partial charge in [0.2, 0.25) is 0 Å². The Morgan fingerprint density at radius 2 is 1.87 bits per heavy atom. The molecule has 0 spiro atoms. The molecule has 5 nitrogen and oxygen atoms in total. The summed E-state index contributed by atoms with van der Waals surface area (Å²) in [7, 11) is 0. The summed E-state index contributed by atoms with van der Waals surface area (Å²) in [6, 6.07) is 6.46. The van der Waals surface area contributed by atoms with Crippen molar-refractivity contribution in [1.82, 2.24) is 10.1 Å². The molecule has 0 saturated heterocycles. The number of nitrogens with zero attached hydrogens (tertiary/aromatic N) is 3. The lowest BCUT2D eigenvalue weighted by molar-refractivity contribution is 0.177. The van der Waals surface area contributed by atoms with Gasteiger partial charge in [0.15, 0.2) is 23.2 Å². The van der Waals surface area contributed by atoms with Gasteiger partial charge in [0, 0.05) is 36.4 Å². The zero-order chi connectivity index (χ0) is 22.3. The Kier molecular flexibility index (Phi) is 5.26. The summed E-state index contributed by atoms with van der Waals surface area (Å²) in [5.74, 6) is -4.77. The number of halogens is 4. The van der Waals surface area contributed by atoms with E-state index in [9.17, 15) is 22.4 Å². The molecule has 2 aromatic carbocycles. The first-order valence-electron chi connectivity index (χ1n) is 9.41. The lowest BCUT2D eigenvalue weighted by atomic mass is 9.97. The molecular formula is C22H17F4N3O2. The molecule has 0 bridgehead atoms.